The van der Waals surface area contributed by atoms with Crippen LogP contribution < -0.4 is 28.6 Å². The Morgan fingerprint density at radius 3 is 2.21 bits per heavy atom. The Bertz CT molecular complexity index is 1680. The van der Waals surface area contributed by atoms with Crippen LogP contribution in [0.15, 0.2) is 65.6 Å². The highest BCUT2D eigenvalue weighted by Crippen LogP contribution is 2.37. The predicted octanol–water partition coefficient (Wildman–Crippen LogP) is 5.83. The summed E-state index contributed by atoms with van der Waals surface area (Å²) < 4.78 is 51.5. The zero-order chi connectivity index (χ0) is 34.8. The molecular formula is C35H44ClN3O8S. The maximum atomic E-state index is 14.6. The number of methoxy groups -OCH3 is 4. The minimum absolute atomic E-state index is 0.0201. The van der Waals surface area contributed by atoms with Gasteiger partial charge >= 0.3 is 0 Å². The number of rotatable bonds is 15. The third-order valence-electron chi connectivity index (χ3n) is 8.46. The monoisotopic (exact) mass is 701 g/mol. The first-order valence-corrected chi connectivity index (χ1v) is 17.7. The van der Waals surface area contributed by atoms with Gasteiger partial charge in [-0.1, -0.05) is 49.9 Å². The maximum Gasteiger partial charge on any atom is 0.265 e. The summed E-state index contributed by atoms with van der Waals surface area (Å²) in [6.45, 7) is 1.20. The van der Waals surface area contributed by atoms with Crippen LogP contribution in [-0.4, -0.2) is 72.2 Å². The van der Waals surface area contributed by atoms with Crippen LogP contribution in [0.5, 0.6) is 23.0 Å². The molecule has 0 aliphatic heterocycles. The van der Waals surface area contributed by atoms with Crippen LogP contribution in [0.2, 0.25) is 5.02 Å². The number of nitrogens with one attached hydrogen (secondary N) is 1. The molecule has 3 aromatic rings. The summed E-state index contributed by atoms with van der Waals surface area (Å²) in [6, 6.07) is 15.0. The molecule has 48 heavy (non-hydrogen) atoms. The largest absolute Gasteiger partial charge is 0.497 e. The lowest BCUT2D eigenvalue weighted by molar-refractivity contribution is -0.140. The Labute approximate surface area is 288 Å². The zero-order valence-electron chi connectivity index (χ0n) is 28.0. The minimum atomic E-state index is -4.46. The smallest absolute Gasteiger partial charge is 0.265 e. The van der Waals surface area contributed by atoms with E-state index < -0.39 is 28.5 Å². The Morgan fingerprint density at radius 2 is 1.56 bits per heavy atom. The summed E-state index contributed by atoms with van der Waals surface area (Å²) in [4.78, 5) is 29.7. The van der Waals surface area contributed by atoms with Crippen molar-refractivity contribution >= 4 is 39.1 Å². The van der Waals surface area contributed by atoms with Crippen molar-refractivity contribution in [3.63, 3.8) is 0 Å². The molecule has 0 saturated heterocycles. The van der Waals surface area contributed by atoms with Crippen molar-refractivity contribution in [2.45, 2.75) is 69.0 Å². The van der Waals surface area contributed by atoms with Crippen molar-refractivity contribution in [1.29, 1.82) is 0 Å². The van der Waals surface area contributed by atoms with Gasteiger partial charge in [0, 0.05) is 23.7 Å². The second-order valence-corrected chi connectivity index (χ2v) is 13.8. The predicted molar refractivity (Wildman–Crippen MR) is 185 cm³/mol. The molecule has 0 unspecified atom stereocenters. The highest BCUT2D eigenvalue weighted by atomic mass is 35.5. The third kappa shape index (κ3) is 8.65. The molecule has 1 N–H and O–H groups in total. The van der Waals surface area contributed by atoms with Crippen LogP contribution in [0.3, 0.4) is 0 Å². The van der Waals surface area contributed by atoms with E-state index in [2.05, 4.69) is 5.32 Å². The fourth-order valence-corrected chi connectivity index (χ4v) is 7.51. The van der Waals surface area contributed by atoms with Gasteiger partial charge in [0.25, 0.3) is 10.0 Å². The fourth-order valence-electron chi connectivity index (χ4n) is 5.91. The van der Waals surface area contributed by atoms with Crippen molar-refractivity contribution < 1.29 is 37.0 Å². The number of sulfonamides is 1. The molecule has 2 amide bonds. The average molecular weight is 702 g/mol. The van der Waals surface area contributed by atoms with Crippen LogP contribution in [-0.2, 0) is 26.2 Å². The standard InChI is InChI=1S/C35H44ClN3O8S/c1-6-29(35(41)37-26-12-8-7-9-13-26)38(22-24-11-10-14-27(19-24)44-2)34(40)23-39(30-20-25(36)15-17-31(30)45-3)48(42,43)28-16-18-32(46-4)33(21-28)47-5/h10-11,14-21,26,29H,6-9,12-13,22-23H2,1-5H3,(H,37,41)/t29-/m0/s1. The van der Waals surface area contributed by atoms with E-state index in [4.69, 9.17) is 30.5 Å². The van der Waals surface area contributed by atoms with Crippen molar-refractivity contribution in [2.75, 3.05) is 39.3 Å². The number of carbonyl (C=O) groups is 2. The number of ether oxygens (including phenoxy) is 4. The van der Waals surface area contributed by atoms with Gasteiger partial charge in [0.15, 0.2) is 11.5 Å². The van der Waals surface area contributed by atoms with Crippen molar-refractivity contribution in [3.05, 3.63) is 71.2 Å². The molecule has 4 rings (SSSR count). The molecule has 3 aromatic carbocycles. The third-order valence-corrected chi connectivity index (χ3v) is 10.4. The van der Waals surface area contributed by atoms with Crippen LogP contribution >= 0.6 is 11.6 Å². The van der Waals surface area contributed by atoms with Crippen LogP contribution in [0.25, 0.3) is 0 Å². The van der Waals surface area contributed by atoms with Crippen LogP contribution in [0, 0.1) is 0 Å². The SMILES string of the molecule is CC[C@@H](C(=O)NC1CCCCC1)N(Cc1cccc(OC)c1)C(=O)CN(c1cc(Cl)ccc1OC)S(=O)(=O)c1ccc(OC)c(OC)c1. The quantitative estimate of drug-likeness (QED) is 0.210. The minimum Gasteiger partial charge on any atom is -0.497 e. The van der Waals surface area contributed by atoms with Gasteiger partial charge in [-0.05, 0) is 67.3 Å². The highest BCUT2D eigenvalue weighted by molar-refractivity contribution is 7.92. The summed E-state index contributed by atoms with van der Waals surface area (Å²) in [7, 11) is 1.33. The molecule has 13 heteroatoms. The van der Waals surface area contributed by atoms with Gasteiger partial charge in [0.2, 0.25) is 11.8 Å². The summed E-state index contributed by atoms with van der Waals surface area (Å²) in [6.07, 6.45) is 5.23. The van der Waals surface area contributed by atoms with E-state index in [9.17, 15) is 18.0 Å². The van der Waals surface area contributed by atoms with E-state index in [1.54, 1.807) is 31.4 Å². The number of benzene rings is 3. The normalized spacial score (nSPS) is 14.0. The summed E-state index contributed by atoms with van der Waals surface area (Å²) in [5.74, 6) is 0.398. The molecule has 1 saturated carbocycles. The van der Waals surface area contributed by atoms with Gasteiger partial charge in [-0.3, -0.25) is 13.9 Å². The van der Waals surface area contributed by atoms with Crippen molar-refractivity contribution in [3.8, 4) is 23.0 Å². The van der Waals surface area contributed by atoms with E-state index in [1.165, 1.54) is 56.6 Å². The van der Waals surface area contributed by atoms with Crippen molar-refractivity contribution in [1.82, 2.24) is 10.2 Å². The van der Waals surface area contributed by atoms with E-state index in [0.717, 1.165) is 36.4 Å². The molecule has 0 heterocycles. The maximum absolute atomic E-state index is 14.6. The van der Waals surface area contributed by atoms with Crippen LogP contribution in [0.4, 0.5) is 5.69 Å². The van der Waals surface area contributed by atoms with E-state index in [1.807, 2.05) is 13.0 Å². The Balaban J connectivity index is 1.80. The molecule has 0 radical (unpaired) electrons. The van der Waals surface area contributed by atoms with E-state index in [0.29, 0.717) is 23.5 Å². The first kappa shape index (κ1) is 36.7. The lowest BCUT2D eigenvalue weighted by Gasteiger charge is -2.34. The van der Waals surface area contributed by atoms with Gasteiger partial charge in [0.05, 0.1) is 39.0 Å². The molecular weight excluding hydrogens is 658 g/mol. The van der Waals surface area contributed by atoms with Gasteiger partial charge in [-0.2, -0.15) is 0 Å². The van der Waals surface area contributed by atoms with Gasteiger partial charge in [-0.25, -0.2) is 8.42 Å². The summed E-state index contributed by atoms with van der Waals surface area (Å²) >= 11 is 6.37. The summed E-state index contributed by atoms with van der Waals surface area (Å²) in [5, 5.41) is 3.38. The number of anilines is 1. The average Bonchev–Trinajstić information content (AvgIpc) is 3.10. The van der Waals surface area contributed by atoms with Crippen LogP contribution in [0.1, 0.15) is 51.0 Å². The molecule has 1 atom stereocenters. The molecule has 0 aromatic heterocycles. The summed E-state index contributed by atoms with van der Waals surface area (Å²) in [5.41, 5.74) is 0.760. The topological polar surface area (TPSA) is 124 Å². The highest BCUT2D eigenvalue weighted by Gasteiger charge is 2.36. The number of halogens is 1. The number of hydrogen-bond acceptors (Lipinski definition) is 8. The molecule has 0 bridgehead atoms. The van der Waals surface area contributed by atoms with E-state index >= 15 is 0 Å². The van der Waals surface area contributed by atoms with Gasteiger partial charge in [-0.15, -0.1) is 0 Å². The fraction of sp³-hybridized carbons (Fsp3) is 0.429. The van der Waals surface area contributed by atoms with Gasteiger partial charge < -0.3 is 29.2 Å². The second kappa shape index (κ2) is 16.8. The van der Waals surface area contributed by atoms with Crippen molar-refractivity contribution in [2.24, 2.45) is 0 Å². The lowest BCUT2D eigenvalue weighted by atomic mass is 9.95. The Hall–Kier alpha value is -4.16. The lowest BCUT2D eigenvalue weighted by Crippen LogP contribution is -2.54. The number of carbonyl (C=O) groups excluding carboxylic acids is 2. The van der Waals surface area contributed by atoms with Gasteiger partial charge in [0.1, 0.15) is 24.1 Å². The zero-order valence-corrected chi connectivity index (χ0v) is 29.6. The first-order valence-electron chi connectivity index (χ1n) is 15.9. The second-order valence-electron chi connectivity index (χ2n) is 11.5. The number of amides is 2. The molecule has 11 nitrogen and oxygen atoms in total. The van der Waals surface area contributed by atoms with E-state index in [-0.39, 0.29) is 45.6 Å². The Morgan fingerprint density at radius 1 is 0.875 bits per heavy atom. The first-order chi connectivity index (χ1) is 23.1. The molecule has 1 fully saturated rings. The number of hydrogen-bond donors (Lipinski definition) is 1. The Kier molecular flexibility index (Phi) is 12.8. The molecule has 260 valence electrons. The number of nitrogens with zero attached hydrogens (tertiary/aromatic N) is 2. The molecule has 1 aliphatic carbocycles. The molecule has 1 aliphatic rings. The molecule has 0 spiro atoms.